The van der Waals surface area contributed by atoms with Crippen LogP contribution in [0.3, 0.4) is 0 Å². The number of carbonyl (C=O) groups is 2. The SMILES string of the molecule is COC(=O)C1=CN(C[C@@H]2CCCO2)C=C(C(=O)OC)C1c1ccccc1Cl. The van der Waals surface area contributed by atoms with Crippen LogP contribution in [0.25, 0.3) is 0 Å². The van der Waals surface area contributed by atoms with Crippen molar-refractivity contribution in [3.63, 3.8) is 0 Å². The van der Waals surface area contributed by atoms with Crippen LogP contribution < -0.4 is 0 Å². The van der Waals surface area contributed by atoms with E-state index in [4.69, 9.17) is 25.8 Å². The first kappa shape index (κ1) is 19.5. The van der Waals surface area contributed by atoms with E-state index in [2.05, 4.69) is 0 Å². The van der Waals surface area contributed by atoms with Crippen molar-refractivity contribution in [1.82, 2.24) is 4.90 Å². The molecule has 0 spiro atoms. The maximum absolute atomic E-state index is 12.5. The molecule has 3 rings (SSSR count). The average Bonchev–Trinajstić information content (AvgIpc) is 3.19. The summed E-state index contributed by atoms with van der Waals surface area (Å²) in [5, 5.41) is 0.458. The van der Waals surface area contributed by atoms with Crippen LogP contribution in [0.5, 0.6) is 0 Å². The summed E-state index contributed by atoms with van der Waals surface area (Å²) >= 11 is 6.37. The summed E-state index contributed by atoms with van der Waals surface area (Å²) < 4.78 is 15.6. The fourth-order valence-electron chi connectivity index (χ4n) is 3.46. The molecule has 7 heteroatoms. The van der Waals surface area contributed by atoms with E-state index in [0.29, 0.717) is 28.3 Å². The van der Waals surface area contributed by atoms with E-state index >= 15 is 0 Å². The number of halogens is 1. The number of nitrogens with zero attached hydrogens (tertiary/aromatic N) is 1. The maximum atomic E-state index is 12.5. The molecule has 2 heterocycles. The number of ether oxygens (including phenoxy) is 3. The van der Waals surface area contributed by atoms with Crippen molar-refractivity contribution in [3.05, 3.63) is 58.4 Å². The van der Waals surface area contributed by atoms with Crippen molar-refractivity contribution in [2.45, 2.75) is 24.9 Å². The van der Waals surface area contributed by atoms with E-state index < -0.39 is 17.9 Å². The monoisotopic (exact) mass is 391 g/mol. The van der Waals surface area contributed by atoms with Crippen molar-refractivity contribution in [3.8, 4) is 0 Å². The van der Waals surface area contributed by atoms with Gasteiger partial charge in [-0.05, 0) is 24.5 Å². The molecule has 1 aromatic carbocycles. The lowest BCUT2D eigenvalue weighted by Crippen LogP contribution is -2.32. The molecule has 6 nitrogen and oxygen atoms in total. The van der Waals surface area contributed by atoms with E-state index in [9.17, 15) is 9.59 Å². The summed E-state index contributed by atoms with van der Waals surface area (Å²) in [6.45, 7) is 1.26. The molecule has 144 valence electrons. The van der Waals surface area contributed by atoms with Gasteiger partial charge in [0, 0.05) is 30.6 Å². The summed E-state index contributed by atoms with van der Waals surface area (Å²) in [6.07, 6.45) is 5.39. The highest BCUT2D eigenvalue weighted by atomic mass is 35.5. The van der Waals surface area contributed by atoms with Gasteiger partial charge >= 0.3 is 11.9 Å². The van der Waals surface area contributed by atoms with E-state index in [0.717, 1.165) is 19.4 Å². The Labute approximate surface area is 163 Å². The van der Waals surface area contributed by atoms with Crippen LogP contribution in [0.15, 0.2) is 47.8 Å². The summed E-state index contributed by atoms with van der Waals surface area (Å²) in [6, 6.07) is 7.11. The Morgan fingerprint density at radius 2 is 1.78 bits per heavy atom. The van der Waals surface area contributed by atoms with Gasteiger partial charge in [0.2, 0.25) is 0 Å². The third-order valence-electron chi connectivity index (χ3n) is 4.73. The summed E-state index contributed by atoms with van der Waals surface area (Å²) in [7, 11) is 2.63. The number of carbonyl (C=O) groups excluding carboxylic acids is 2. The average molecular weight is 392 g/mol. The Bertz CT molecular complexity index is 748. The predicted molar refractivity (Wildman–Crippen MR) is 100 cm³/mol. The lowest BCUT2D eigenvalue weighted by atomic mass is 9.83. The van der Waals surface area contributed by atoms with Gasteiger partial charge < -0.3 is 19.1 Å². The zero-order chi connectivity index (χ0) is 19.4. The molecule has 0 bridgehead atoms. The van der Waals surface area contributed by atoms with Crippen LogP contribution in [-0.4, -0.2) is 50.3 Å². The summed E-state index contributed by atoms with van der Waals surface area (Å²) in [5.41, 5.74) is 1.29. The summed E-state index contributed by atoms with van der Waals surface area (Å²) in [5.74, 6) is -1.71. The second kappa shape index (κ2) is 8.59. The zero-order valence-corrected chi connectivity index (χ0v) is 16.1. The first-order chi connectivity index (χ1) is 13.0. The minimum Gasteiger partial charge on any atom is -0.466 e. The summed E-state index contributed by atoms with van der Waals surface area (Å²) in [4.78, 5) is 26.9. The van der Waals surface area contributed by atoms with Gasteiger partial charge in [0.15, 0.2) is 0 Å². The Hall–Kier alpha value is -2.31. The van der Waals surface area contributed by atoms with Gasteiger partial charge in [-0.3, -0.25) is 0 Å². The molecule has 0 N–H and O–H groups in total. The molecule has 0 amide bonds. The van der Waals surface area contributed by atoms with Gasteiger partial charge in [-0.25, -0.2) is 9.59 Å². The van der Waals surface area contributed by atoms with Crippen molar-refractivity contribution in [1.29, 1.82) is 0 Å². The number of benzene rings is 1. The van der Waals surface area contributed by atoms with Gasteiger partial charge in [0.25, 0.3) is 0 Å². The van der Waals surface area contributed by atoms with Gasteiger partial charge in [-0.15, -0.1) is 0 Å². The third-order valence-corrected chi connectivity index (χ3v) is 5.07. The first-order valence-corrected chi connectivity index (χ1v) is 9.14. The van der Waals surface area contributed by atoms with Gasteiger partial charge in [0.05, 0.1) is 37.4 Å². The molecule has 1 saturated heterocycles. The lowest BCUT2D eigenvalue weighted by molar-refractivity contribution is -0.137. The molecule has 27 heavy (non-hydrogen) atoms. The van der Waals surface area contributed by atoms with E-state index in [1.54, 1.807) is 35.5 Å². The standard InChI is InChI=1S/C20H22ClNO5/c1-25-19(23)15-11-22(10-13-6-5-9-27-13)12-16(20(24)26-2)18(15)14-7-3-4-8-17(14)21/h3-4,7-8,11-13,18H,5-6,9-10H2,1-2H3/t13-/m0/s1. The number of esters is 2. The van der Waals surface area contributed by atoms with E-state index in [-0.39, 0.29) is 6.10 Å². The smallest absolute Gasteiger partial charge is 0.336 e. The fourth-order valence-corrected chi connectivity index (χ4v) is 3.71. The minimum absolute atomic E-state index is 0.0483. The maximum Gasteiger partial charge on any atom is 0.336 e. The van der Waals surface area contributed by atoms with Crippen molar-refractivity contribution in [2.75, 3.05) is 27.4 Å². The van der Waals surface area contributed by atoms with Crippen LogP contribution >= 0.6 is 11.6 Å². The fraction of sp³-hybridized carbons (Fsp3) is 0.400. The number of methoxy groups -OCH3 is 2. The largest absolute Gasteiger partial charge is 0.466 e. The van der Waals surface area contributed by atoms with E-state index in [1.807, 2.05) is 6.07 Å². The number of rotatable bonds is 5. The Morgan fingerprint density at radius 1 is 1.15 bits per heavy atom. The van der Waals surface area contributed by atoms with Crippen LogP contribution in [0.4, 0.5) is 0 Å². The molecule has 0 saturated carbocycles. The molecule has 1 aromatic rings. The Kier molecular flexibility index (Phi) is 6.19. The van der Waals surface area contributed by atoms with Crippen LogP contribution in [0.2, 0.25) is 5.02 Å². The lowest BCUT2D eigenvalue weighted by Gasteiger charge is -2.31. The van der Waals surface area contributed by atoms with Gasteiger partial charge in [-0.2, -0.15) is 0 Å². The molecular weight excluding hydrogens is 370 g/mol. The molecule has 0 unspecified atom stereocenters. The van der Waals surface area contributed by atoms with Crippen LogP contribution in [0.1, 0.15) is 24.3 Å². The second-order valence-electron chi connectivity index (χ2n) is 6.44. The molecular formula is C20H22ClNO5. The molecule has 2 aliphatic rings. The van der Waals surface area contributed by atoms with E-state index in [1.165, 1.54) is 14.2 Å². The van der Waals surface area contributed by atoms with Crippen molar-refractivity contribution < 1.29 is 23.8 Å². The normalized spacial score (nSPS) is 20.1. The van der Waals surface area contributed by atoms with Crippen LogP contribution in [-0.2, 0) is 23.8 Å². The molecule has 2 aliphatic heterocycles. The number of hydrogen-bond donors (Lipinski definition) is 0. The molecule has 0 radical (unpaired) electrons. The zero-order valence-electron chi connectivity index (χ0n) is 15.3. The first-order valence-electron chi connectivity index (χ1n) is 8.77. The van der Waals surface area contributed by atoms with Gasteiger partial charge in [0.1, 0.15) is 0 Å². The third kappa shape index (κ3) is 4.17. The predicted octanol–water partition coefficient (Wildman–Crippen LogP) is 3.03. The van der Waals surface area contributed by atoms with Crippen LogP contribution in [0, 0.1) is 0 Å². The van der Waals surface area contributed by atoms with Crippen molar-refractivity contribution >= 4 is 23.5 Å². The second-order valence-corrected chi connectivity index (χ2v) is 6.85. The quantitative estimate of drug-likeness (QED) is 0.719. The molecule has 0 aromatic heterocycles. The van der Waals surface area contributed by atoms with Crippen molar-refractivity contribution in [2.24, 2.45) is 0 Å². The van der Waals surface area contributed by atoms with Gasteiger partial charge in [-0.1, -0.05) is 29.8 Å². The highest BCUT2D eigenvalue weighted by molar-refractivity contribution is 6.31. The molecule has 1 atom stereocenters. The minimum atomic E-state index is -0.667. The molecule has 0 aliphatic carbocycles. The highest BCUT2D eigenvalue weighted by Gasteiger charge is 2.36. The highest BCUT2D eigenvalue weighted by Crippen LogP contribution is 2.40. The Balaban J connectivity index is 2.05. The topological polar surface area (TPSA) is 65.1 Å². The number of hydrogen-bond acceptors (Lipinski definition) is 6. The molecule has 1 fully saturated rings. The Morgan fingerprint density at radius 3 is 2.30 bits per heavy atom.